The van der Waals surface area contributed by atoms with E-state index in [1.54, 1.807) is 36.4 Å². The fourth-order valence-electron chi connectivity index (χ4n) is 1.96. The zero-order valence-electron chi connectivity index (χ0n) is 9.89. The van der Waals surface area contributed by atoms with Crippen LogP contribution in [0.4, 0.5) is 10.1 Å². The van der Waals surface area contributed by atoms with Crippen molar-refractivity contribution in [1.82, 2.24) is 0 Å². The molecular formula is C15H10FNO2. The fraction of sp³-hybridized carbons (Fsp3) is 0. The van der Waals surface area contributed by atoms with Gasteiger partial charge in [-0.05, 0) is 24.3 Å². The molecule has 0 atom stereocenters. The van der Waals surface area contributed by atoms with E-state index in [2.05, 4.69) is 0 Å². The molecule has 4 heteroatoms. The Hall–Kier alpha value is -2.62. The van der Waals surface area contributed by atoms with Crippen LogP contribution in [0.15, 0.2) is 52.9 Å². The van der Waals surface area contributed by atoms with Crippen molar-refractivity contribution < 1.29 is 13.6 Å². The van der Waals surface area contributed by atoms with Gasteiger partial charge in [-0.15, -0.1) is 0 Å². The van der Waals surface area contributed by atoms with E-state index < -0.39 is 5.82 Å². The van der Waals surface area contributed by atoms with Gasteiger partial charge in [0, 0.05) is 16.6 Å². The van der Waals surface area contributed by atoms with E-state index >= 15 is 0 Å². The summed E-state index contributed by atoms with van der Waals surface area (Å²) in [7, 11) is 0. The minimum Gasteiger partial charge on any atom is -0.449 e. The molecule has 0 aliphatic rings. The van der Waals surface area contributed by atoms with E-state index in [1.165, 1.54) is 12.1 Å². The van der Waals surface area contributed by atoms with E-state index in [1.807, 2.05) is 0 Å². The summed E-state index contributed by atoms with van der Waals surface area (Å²) >= 11 is 0. The molecule has 0 bridgehead atoms. The summed E-state index contributed by atoms with van der Waals surface area (Å²) in [6.45, 7) is 0. The van der Waals surface area contributed by atoms with Crippen molar-refractivity contribution in [2.75, 3.05) is 5.73 Å². The van der Waals surface area contributed by atoms with Gasteiger partial charge in [0.25, 0.3) is 0 Å². The quantitative estimate of drug-likeness (QED) is 0.564. The Balaban J connectivity index is 2.09. The molecule has 0 fully saturated rings. The standard InChI is InChI=1S/C15H10FNO2/c16-12-6-2-4-10-8-13(19-15(10)12)14(18)9-3-1-5-11(17)7-9/h1-8H,17H2. The molecule has 1 heterocycles. The fourth-order valence-corrected chi connectivity index (χ4v) is 1.96. The monoisotopic (exact) mass is 255 g/mol. The lowest BCUT2D eigenvalue weighted by atomic mass is 10.1. The average Bonchev–Trinajstić information content (AvgIpc) is 2.83. The Morgan fingerprint density at radius 1 is 1.11 bits per heavy atom. The van der Waals surface area contributed by atoms with Crippen LogP contribution >= 0.6 is 0 Å². The first-order valence-corrected chi connectivity index (χ1v) is 5.73. The van der Waals surface area contributed by atoms with Crippen LogP contribution < -0.4 is 5.73 Å². The predicted octanol–water partition coefficient (Wildman–Crippen LogP) is 3.39. The normalized spacial score (nSPS) is 10.8. The number of furan rings is 1. The number of anilines is 1. The number of carbonyl (C=O) groups excluding carboxylic acids is 1. The molecule has 3 rings (SSSR count). The summed E-state index contributed by atoms with van der Waals surface area (Å²) in [5.41, 5.74) is 6.63. The van der Waals surface area contributed by atoms with Crippen LogP contribution in [0.25, 0.3) is 11.0 Å². The molecule has 2 aromatic carbocycles. The van der Waals surface area contributed by atoms with Crippen LogP contribution in [-0.2, 0) is 0 Å². The minimum absolute atomic E-state index is 0.0924. The van der Waals surface area contributed by atoms with E-state index in [9.17, 15) is 9.18 Å². The van der Waals surface area contributed by atoms with Crippen LogP contribution in [0.2, 0.25) is 0 Å². The van der Waals surface area contributed by atoms with Crippen molar-refractivity contribution in [3.63, 3.8) is 0 Å². The summed E-state index contributed by atoms with van der Waals surface area (Å²) in [6.07, 6.45) is 0. The largest absolute Gasteiger partial charge is 0.449 e. The summed E-state index contributed by atoms with van der Waals surface area (Å²) in [5, 5.41) is 0.562. The molecule has 94 valence electrons. The third-order valence-electron chi connectivity index (χ3n) is 2.87. The van der Waals surface area contributed by atoms with E-state index in [0.29, 0.717) is 16.6 Å². The molecule has 1 aromatic heterocycles. The van der Waals surface area contributed by atoms with E-state index in [4.69, 9.17) is 10.2 Å². The zero-order chi connectivity index (χ0) is 13.4. The summed E-state index contributed by atoms with van der Waals surface area (Å²) in [5.74, 6) is -0.697. The number of benzene rings is 2. The lowest BCUT2D eigenvalue weighted by Crippen LogP contribution is -2.00. The number of nitrogen functional groups attached to an aromatic ring is 1. The number of halogens is 1. The molecule has 2 N–H and O–H groups in total. The van der Waals surface area contributed by atoms with Crippen molar-refractivity contribution in [1.29, 1.82) is 0 Å². The van der Waals surface area contributed by atoms with Crippen LogP contribution in [-0.4, -0.2) is 5.78 Å². The first kappa shape index (κ1) is 11.5. The molecule has 0 spiro atoms. The molecule has 0 aliphatic carbocycles. The SMILES string of the molecule is Nc1cccc(C(=O)c2cc3cccc(F)c3o2)c1. The second-order valence-corrected chi connectivity index (χ2v) is 4.22. The first-order valence-electron chi connectivity index (χ1n) is 5.73. The summed E-state index contributed by atoms with van der Waals surface area (Å²) < 4.78 is 18.8. The molecule has 19 heavy (non-hydrogen) atoms. The molecule has 0 radical (unpaired) electrons. The van der Waals surface area contributed by atoms with Gasteiger partial charge in [-0.25, -0.2) is 4.39 Å². The molecule has 0 aliphatic heterocycles. The van der Waals surface area contributed by atoms with Gasteiger partial charge >= 0.3 is 0 Å². The van der Waals surface area contributed by atoms with Crippen molar-refractivity contribution in [2.45, 2.75) is 0 Å². The second-order valence-electron chi connectivity index (χ2n) is 4.22. The minimum atomic E-state index is -0.482. The van der Waals surface area contributed by atoms with Crippen molar-refractivity contribution in [3.8, 4) is 0 Å². The third kappa shape index (κ3) is 1.97. The lowest BCUT2D eigenvalue weighted by Gasteiger charge is -1.98. The van der Waals surface area contributed by atoms with Crippen molar-refractivity contribution >= 4 is 22.4 Å². The number of para-hydroxylation sites is 1. The van der Waals surface area contributed by atoms with Gasteiger partial charge in [0.2, 0.25) is 5.78 Å². The van der Waals surface area contributed by atoms with Gasteiger partial charge in [0.05, 0.1) is 0 Å². The molecule has 0 amide bonds. The van der Waals surface area contributed by atoms with Crippen molar-refractivity contribution in [2.24, 2.45) is 0 Å². The Labute approximate surface area is 108 Å². The van der Waals surface area contributed by atoms with Gasteiger partial charge in [0.15, 0.2) is 17.2 Å². The van der Waals surface area contributed by atoms with E-state index in [-0.39, 0.29) is 17.1 Å². The molecule has 3 aromatic rings. The van der Waals surface area contributed by atoms with Gasteiger partial charge in [0.1, 0.15) is 0 Å². The zero-order valence-corrected chi connectivity index (χ0v) is 9.89. The number of hydrogen-bond donors (Lipinski definition) is 1. The van der Waals surface area contributed by atoms with Crippen LogP contribution in [0, 0.1) is 5.82 Å². The number of rotatable bonds is 2. The van der Waals surface area contributed by atoms with Crippen LogP contribution in [0.3, 0.4) is 0 Å². The highest BCUT2D eigenvalue weighted by atomic mass is 19.1. The molecule has 0 unspecified atom stereocenters. The number of fused-ring (bicyclic) bond motifs is 1. The second kappa shape index (κ2) is 4.24. The smallest absolute Gasteiger partial charge is 0.228 e. The highest BCUT2D eigenvalue weighted by Gasteiger charge is 2.16. The van der Waals surface area contributed by atoms with Crippen LogP contribution in [0.1, 0.15) is 16.1 Å². The number of carbonyl (C=O) groups is 1. The number of hydrogen-bond acceptors (Lipinski definition) is 3. The first-order chi connectivity index (χ1) is 9.15. The predicted molar refractivity (Wildman–Crippen MR) is 70.5 cm³/mol. The third-order valence-corrected chi connectivity index (χ3v) is 2.87. The highest BCUT2D eigenvalue weighted by molar-refractivity contribution is 6.09. The maximum Gasteiger partial charge on any atom is 0.228 e. The molecule has 3 nitrogen and oxygen atoms in total. The van der Waals surface area contributed by atoms with Crippen LogP contribution in [0.5, 0.6) is 0 Å². The Morgan fingerprint density at radius 3 is 2.63 bits per heavy atom. The van der Waals surface area contributed by atoms with Gasteiger partial charge in [-0.3, -0.25) is 4.79 Å². The lowest BCUT2D eigenvalue weighted by molar-refractivity contribution is 0.101. The number of ketones is 1. The average molecular weight is 255 g/mol. The van der Waals surface area contributed by atoms with Gasteiger partial charge in [-0.1, -0.05) is 24.3 Å². The van der Waals surface area contributed by atoms with E-state index in [0.717, 1.165) is 0 Å². The highest BCUT2D eigenvalue weighted by Crippen LogP contribution is 2.24. The van der Waals surface area contributed by atoms with Gasteiger partial charge < -0.3 is 10.2 Å². The molecule has 0 saturated heterocycles. The maximum absolute atomic E-state index is 13.5. The Bertz CT molecular complexity index is 777. The Kier molecular flexibility index (Phi) is 2.56. The van der Waals surface area contributed by atoms with Crippen molar-refractivity contribution in [3.05, 3.63) is 65.7 Å². The number of nitrogens with two attached hydrogens (primary N) is 1. The maximum atomic E-state index is 13.5. The summed E-state index contributed by atoms with van der Waals surface area (Å²) in [4.78, 5) is 12.2. The summed E-state index contributed by atoms with van der Waals surface area (Å²) in [6, 6.07) is 12.7. The van der Waals surface area contributed by atoms with Gasteiger partial charge in [-0.2, -0.15) is 0 Å². The molecule has 0 saturated carbocycles. The topological polar surface area (TPSA) is 56.2 Å². The molecular weight excluding hydrogens is 245 g/mol. The Morgan fingerprint density at radius 2 is 1.89 bits per heavy atom.